The minimum Gasteiger partial charge on any atom is -0.480 e. The Labute approximate surface area is 152 Å². The van der Waals surface area contributed by atoms with Crippen LogP contribution >= 0.6 is 0 Å². The molecule has 26 heavy (non-hydrogen) atoms. The molecule has 1 fully saturated rings. The molecule has 7 nitrogen and oxygen atoms in total. The number of carboxylic acids is 1. The number of aliphatic hydroxyl groups excluding tert-OH is 1. The third kappa shape index (κ3) is 3.15. The third-order valence-electron chi connectivity index (χ3n) is 4.74. The van der Waals surface area contributed by atoms with E-state index in [0.29, 0.717) is 5.39 Å². The summed E-state index contributed by atoms with van der Waals surface area (Å²) in [4.78, 5) is 13.6. The summed E-state index contributed by atoms with van der Waals surface area (Å²) in [6, 6.07) is 9.15. The van der Waals surface area contributed by atoms with Crippen molar-refractivity contribution in [2.75, 3.05) is 25.5 Å². The lowest BCUT2D eigenvalue weighted by Gasteiger charge is -2.34. The highest BCUT2D eigenvalue weighted by Crippen LogP contribution is 2.33. The fourth-order valence-electron chi connectivity index (χ4n) is 3.44. The molecule has 140 valence electrons. The molecule has 1 saturated heterocycles. The van der Waals surface area contributed by atoms with Crippen LogP contribution in [0.25, 0.3) is 10.8 Å². The van der Waals surface area contributed by atoms with Crippen molar-refractivity contribution in [3.63, 3.8) is 0 Å². The van der Waals surface area contributed by atoms with Crippen LogP contribution in [-0.4, -0.2) is 61.7 Å². The van der Waals surface area contributed by atoms with Gasteiger partial charge in [-0.05, 0) is 18.6 Å². The van der Waals surface area contributed by atoms with Gasteiger partial charge >= 0.3 is 5.97 Å². The van der Waals surface area contributed by atoms with Crippen molar-refractivity contribution in [3.8, 4) is 0 Å². The van der Waals surface area contributed by atoms with Gasteiger partial charge in [-0.3, -0.25) is 4.79 Å². The first-order valence-corrected chi connectivity index (χ1v) is 9.79. The highest BCUT2D eigenvalue weighted by atomic mass is 32.2. The SMILES string of the molecule is CN(C)c1cccc2c(S(=O)(=O)N3CC[C@@H](O)C[C@H]3C(=O)O)cccc12. The van der Waals surface area contributed by atoms with Crippen molar-refractivity contribution < 1.29 is 23.4 Å². The number of sulfonamides is 1. The fraction of sp³-hybridized carbons (Fsp3) is 0.389. The minimum atomic E-state index is -4.03. The van der Waals surface area contributed by atoms with Crippen LogP contribution in [0.1, 0.15) is 12.8 Å². The third-order valence-corrected chi connectivity index (χ3v) is 6.70. The van der Waals surface area contributed by atoms with Gasteiger partial charge in [-0.15, -0.1) is 0 Å². The Hall–Kier alpha value is -2.16. The van der Waals surface area contributed by atoms with E-state index in [1.807, 2.05) is 31.1 Å². The number of hydrogen-bond acceptors (Lipinski definition) is 5. The van der Waals surface area contributed by atoms with Crippen molar-refractivity contribution >= 4 is 32.5 Å². The number of rotatable bonds is 4. The van der Waals surface area contributed by atoms with Gasteiger partial charge in [-0.25, -0.2) is 8.42 Å². The molecule has 2 N–H and O–H groups in total. The van der Waals surface area contributed by atoms with Crippen molar-refractivity contribution in [2.24, 2.45) is 0 Å². The van der Waals surface area contributed by atoms with Crippen LogP contribution in [0.5, 0.6) is 0 Å². The number of nitrogens with zero attached hydrogens (tertiary/aromatic N) is 2. The molecule has 0 radical (unpaired) electrons. The maximum atomic E-state index is 13.3. The van der Waals surface area contributed by atoms with Gasteiger partial charge in [-0.1, -0.05) is 24.3 Å². The predicted molar refractivity (Wildman–Crippen MR) is 98.8 cm³/mol. The topological polar surface area (TPSA) is 98.2 Å². The quantitative estimate of drug-likeness (QED) is 0.837. The first-order valence-electron chi connectivity index (χ1n) is 8.35. The number of aliphatic carboxylic acids is 1. The number of carbonyl (C=O) groups is 1. The molecule has 0 unspecified atom stereocenters. The maximum absolute atomic E-state index is 13.3. The number of aliphatic hydroxyl groups is 1. The molecule has 0 spiro atoms. The first kappa shape index (κ1) is 18.6. The largest absolute Gasteiger partial charge is 0.480 e. The molecule has 2 atom stereocenters. The minimum absolute atomic E-state index is 0.0236. The fourth-order valence-corrected chi connectivity index (χ4v) is 5.26. The molecule has 1 aliphatic heterocycles. The van der Waals surface area contributed by atoms with Crippen LogP contribution in [-0.2, 0) is 14.8 Å². The molecule has 0 aromatic heterocycles. The average molecular weight is 378 g/mol. The lowest BCUT2D eigenvalue weighted by molar-refractivity contribution is -0.143. The zero-order valence-electron chi connectivity index (χ0n) is 14.7. The smallest absolute Gasteiger partial charge is 0.322 e. The Balaban J connectivity index is 2.16. The van der Waals surface area contributed by atoms with E-state index in [0.717, 1.165) is 15.4 Å². The molecule has 0 bridgehead atoms. The van der Waals surface area contributed by atoms with Crippen molar-refractivity contribution in [3.05, 3.63) is 36.4 Å². The van der Waals surface area contributed by atoms with Gasteiger partial charge in [0.1, 0.15) is 6.04 Å². The van der Waals surface area contributed by atoms with Crippen molar-refractivity contribution in [2.45, 2.75) is 29.9 Å². The highest BCUT2D eigenvalue weighted by Gasteiger charge is 2.40. The maximum Gasteiger partial charge on any atom is 0.322 e. The molecule has 2 aromatic carbocycles. The lowest BCUT2D eigenvalue weighted by atomic mass is 10.0. The summed E-state index contributed by atoms with van der Waals surface area (Å²) >= 11 is 0. The van der Waals surface area contributed by atoms with E-state index >= 15 is 0 Å². The number of hydrogen-bond donors (Lipinski definition) is 2. The van der Waals surface area contributed by atoms with Crippen LogP contribution in [0.4, 0.5) is 5.69 Å². The second-order valence-electron chi connectivity index (χ2n) is 6.67. The standard InChI is InChI=1S/C18H22N2O5S/c1-19(2)15-7-3-6-14-13(15)5-4-8-17(14)26(24,25)20-10-9-12(21)11-16(20)18(22)23/h3-8,12,16,21H,9-11H2,1-2H3,(H,22,23)/t12-,16+/m1/s1. The molecule has 8 heteroatoms. The van der Waals surface area contributed by atoms with Crippen LogP contribution in [0.2, 0.25) is 0 Å². The molecular weight excluding hydrogens is 356 g/mol. The molecular formula is C18H22N2O5S. The molecule has 2 aromatic rings. The summed E-state index contributed by atoms with van der Waals surface area (Å²) in [5.41, 5.74) is 0.878. The molecule has 3 rings (SSSR count). The summed E-state index contributed by atoms with van der Waals surface area (Å²) in [6.07, 6.45) is -0.700. The van der Waals surface area contributed by atoms with E-state index in [-0.39, 0.29) is 24.3 Å². The Morgan fingerprint density at radius 2 is 1.81 bits per heavy atom. The second-order valence-corrected chi connectivity index (χ2v) is 8.53. The Morgan fingerprint density at radius 3 is 2.46 bits per heavy atom. The van der Waals surface area contributed by atoms with Gasteiger partial charge in [0.25, 0.3) is 0 Å². The molecule has 0 aliphatic carbocycles. The van der Waals surface area contributed by atoms with Gasteiger partial charge in [0, 0.05) is 43.5 Å². The molecule has 1 heterocycles. The molecule has 1 aliphatic rings. The average Bonchev–Trinajstić information content (AvgIpc) is 2.60. The van der Waals surface area contributed by atoms with Crippen LogP contribution < -0.4 is 4.90 Å². The van der Waals surface area contributed by atoms with Gasteiger partial charge in [0.2, 0.25) is 10.0 Å². The van der Waals surface area contributed by atoms with E-state index < -0.39 is 28.1 Å². The van der Waals surface area contributed by atoms with Crippen LogP contribution in [0, 0.1) is 0 Å². The summed E-state index contributed by atoms with van der Waals surface area (Å²) in [6.45, 7) is -0.0236. The number of piperidine rings is 1. The number of carboxylic acid groups (broad SMARTS) is 1. The Kier molecular flexibility index (Phi) is 4.92. The summed E-state index contributed by atoms with van der Waals surface area (Å²) < 4.78 is 27.5. The highest BCUT2D eigenvalue weighted by molar-refractivity contribution is 7.89. The number of anilines is 1. The van der Waals surface area contributed by atoms with Gasteiger partial charge in [0.15, 0.2) is 0 Å². The predicted octanol–water partition coefficient (Wildman–Crippen LogP) is 1.50. The second kappa shape index (κ2) is 6.86. The molecule has 0 saturated carbocycles. The van der Waals surface area contributed by atoms with Crippen LogP contribution in [0.15, 0.2) is 41.3 Å². The zero-order chi connectivity index (χ0) is 19.1. The summed E-state index contributed by atoms with van der Waals surface area (Å²) in [5, 5.41) is 20.5. The van der Waals surface area contributed by atoms with E-state index in [9.17, 15) is 23.4 Å². The van der Waals surface area contributed by atoms with E-state index in [1.165, 1.54) is 6.07 Å². The van der Waals surface area contributed by atoms with Gasteiger partial charge in [-0.2, -0.15) is 4.31 Å². The van der Waals surface area contributed by atoms with Gasteiger partial charge in [0.05, 0.1) is 11.0 Å². The van der Waals surface area contributed by atoms with E-state index in [2.05, 4.69) is 0 Å². The Morgan fingerprint density at radius 1 is 1.15 bits per heavy atom. The summed E-state index contributed by atoms with van der Waals surface area (Å²) in [5.74, 6) is -1.25. The molecule has 0 amide bonds. The van der Waals surface area contributed by atoms with Gasteiger partial charge < -0.3 is 15.1 Å². The monoisotopic (exact) mass is 378 g/mol. The zero-order valence-corrected chi connectivity index (χ0v) is 15.5. The summed E-state index contributed by atoms with van der Waals surface area (Å²) in [7, 11) is -0.271. The van der Waals surface area contributed by atoms with Crippen LogP contribution in [0.3, 0.4) is 0 Å². The van der Waals surface area contributed by atoms with Crippen molar-refractivity contribution in [1.82, 2.24) is 4.31 Å². The number of fused-ring (bicyclic) bond motifs is 1. The Bertz CT molecular complexity index is 942. The van der Waals surface area contributed by atoms with Crippen molar-refractivity contribution in [1.29, 1.82) is 0 Å². The normalized spacial score (nSPS) is 21.7. The number of benzene rings is 2. The van der Waals surface area contributed by atoms with E-state index in [4.69, 9.17) is 0 Å². The lowest BCUT2D eigenvalue weighted by Crippen LogP contribution is -2.51. The first-order chi connectivity index (χ1) is 12.2. The van der Waals surface area contributed by atoms with E-state index in [1.54, 1.807) is 18.2 Å².